The summed E-state index contributed by atoms with van der Waals surface area (Å²) in [5.74, 6) is 0.173. The van der Waals surface area contributed by atoms with Crippen molar-refractivity contribution in [3.63, 3.8) is 0 Å². The van der Waals surface area contributed by atoms with Gasteiger partial charge >= 0.3 is 0 Å². The van der Waals surface area contributed by atoms with Crippen LogP contribution in [0.5, 0.6) is 5.75 Å². The second-order valence-corrected chi connectivity index (χ2v) is 3.92. The number of aromatic hydroxyl groups is 1. The van der Waals surface area contributed by atoms with E-state index in [-0.39, 0.29) is 16.7 Å². The number of carbonyl (C=O) groups is 1. The molecule has 0 aliphatic carbocycles. The van der Waals surface area contributed by atoms with Crippen molar-refractivity contribution in [3.8, 4) is 5.75 Å². The molecule has 1 amide bonds. The normalized spacial score (nSPS) is 10.2. The Hall–Kier alpha value is -1.94. The van der Waals surface area contributed by atoms with Crippen molar-refractivity contribution in [2.75, 3.05) is 5.32 Å². The molecule has 4 nitrogen and oxygen atoms in total. The second-order valence-electron chi connectivity index (χ2n) is 3.51. The summed E-state index contributed by atoms with van der Waals surface area (Å²) in [6, 6.07) is 6.08. The molecule has 2 rings (SSSR count). The molecule has 88 valence electrons. The summed E-state index contributed by atoms with van der Waals surface area (Å²) in [6.07, 6.45) is 1.45. The van der Waals surface area contributed by atoms with E-state index in [1.807, 2.05) is 0 Å². The zero-order chi connectivity index (χ0) is 12.4. The highest BCUT2D eigenvalue weighted by atomic mass is 35.5. The van der Waals surface area contributed by atoms with Crippen LogP contribution in [-0.2, 0) is 0 Å². The van der Waals surface area contributed by atoms with Gasteiger partial charge < -0.3 is 14.8 Å². The smallest absolute Gasteiger partial charge is 0.259 e. The number of rotatable bonds is 2. The monoisotopic (exact) mass is 251 g/mol. The molecule has 1 aromatic carbocycles. The minimum absolute atomic E-state index is 0.0756. The number of amides is 1. The Morgan fingerprint density at radius 2 is 2.18 bits per heavy atom. The molecule has 0 fully saturated rings. The van der Waals surface area contributed by atoms with Crippen LogP contribution in [0.1, 0.15) is 16.1 Å². The van der Waals surface area contributed by atoms with Crippen molar-refractivity contribution in [1.82, 2.24) is 0 Å². The summed E-state index contributed by atoms with van der Waals surface area (Å²) < 4.78 is 5.03. The Morgan fingerprint density at radius 1 is 1.41 bits per heavy atom. The molecule has 0 saturated carbocycles. The first-order valence-corrected chi connectivity index (χ1v) is 5.29. The average molecular weight is 252 g/mol. The number of hydrogen-bond donors (Lipinski definition) is 2. The van der Waals surface area contributed by atoms with E-state index < -0.39 is 0 Å². The third-order valence-electron chi connectivity index (χ3n) is 2.31. The highest BCUT2D eigenvalue weighted by Crippen LogP contribution is 2.26. The van der Waals surface area contributed by atoms with Gasteiger partial charge in [0.05, 0.1) is 16.8 Å². The topological polar surface area (TPSA) is 62.5 Å². The first kappa shape index (κ1) is 11.5. The van der Waals surface area contributed by atoms with E-state index in [1.165, 1.54) is 18.4 Å². The van der Waals surface area contributed by atoms with Gasteiger partial charge in [0.1, 0.15) is 11.5 Å². The molecule has 1 heterocycles. The summed E-state index contributed by atoms with van der Waals surface area (Å²) >= 11 is 5.66. The van der Waals surface area contributed by atoms with E-state index in [2.05, 4.69) is 5.32 Å². The maximum absolute atomic E-state index is 11.8. The van der Waals surface area contributed by atoms with Gasteiger partial charge in [-0.25, -0.2) is 0 Å². The van der Waals surface area contributed by atoms with Gasteiger partial charge in [0, 0.05) is 11.8 Å². The Bertz CT molecular complexity index is 563. The number of anilines is 1. The molecule has 5 heteroatoms. The Balaban J connectivity index is 2.19. The van der Waals surface area contributed by atoms with Gasteiger partial charge in [-0.15, -0.1) is 0 Å². The van der Waals surface area contributed by atoms with Crippen LogP contribution in [0.15, 0.2) is 34.9 Å². The van der Waals surface area contributed by atoms with Gasteiger partial charge in [-0.2, -0.15) is 0 Å². The van der Waals surface area contributed by atoms with Gasteiger partial charge in [-0.3, -0.25) is 4.79 Å². The largest absolute Gasteiger partial charge is 0.506 e. The van der Waals surface area contributed by atoms with Gasteiger partial charge in [0.2, 0.25) is 0 Å². The van der Waals surface area contributed by atoms with E-state index in [0.29, 0.717) is 17.0 Å². The number of aryl methyl sites for hydroxylation is 1. The molecule has 0 saturated heterocycles. The van der Waals surface area contributed by atoms with Crippen LogP contribution in [0.3, 0.4) is 0 Å². The molecular formula is C12H10ClNO3. The minimum atomic E-state index is -0.294. The molecule has 2 aromatic rings. The Kier molecular flexibility index (Phi) is 3.06. The van der Waals surface area contributed by atoms with Gasteiger partial charge in [-0.1, -0.05) is 11.6 Å². The van der Waals surface area contributed by atoms with Crippen LogP contribution >= 0.6 is 11.6 Å². The summed E-state index contributed by atoms with van der Waals surface area (Å²) in [6.45, 7) is 1.70. The minimum Gasteiger partial charge on any atom is -0.506 e. The van der Waals surface area contributed by atoms with E-state index in [0.717, 1.165) is 0 Å². The van der Waals surface area contributed by atoms with Crippen molar-refractivity contribution in [2.45, 2.75) is 6.92 Å². The number of halogens is 1. The molecule has 0 bridgehead atoms. The molecule has 0 radical (unpaired) electrons. The third-order valence-corrected chi connectivity index (χ3v) is 2.63. The summed E-state index contributed by atoms with van der Waals surface area (Å²) in [4.78, 5) is 11.8. The molecule has 17 heavy (non-hydrogen) atoms. The fourth-order valence-corrected chi connectivity index (χ4v) is 1.53. The SMILES string of the molecule is Cc1occc1C(=O)Nc1ccc(Cl)c(O)c1. The zero-order valence-electron chi connectivity index (χ0n) is 9.03. The van der Waals surface area contributed by atoms with Gasteiger partial charge in [-0.05, 0) is 25.1 Å². The van der Waals surface area contributed by atoms with Gasteiger partial charge in [0.25, 0.3) is 5.91 Å². The highest BCUT2D eigenvalue weighted by molar-refractivity contribution is 6.32. The highest BCUT2D eigenvalue weighted by Gasteiger charge is 2.12. The number of phenolic OH excluding ortho intramolecular Hbond substituents is 1. The number of nitrogens with one attached hydrogen (secondary N) is 1. The van der Waals surface area contributed by atoms with Gasteiger partial charge in [0.15, 0.2) is 0 Å². The Morgan fingerprint density at radius 3 is 2.76 bits per heavy atom. The second kappa shape index (κ2) is 4.51. The van der Waals surface area contributed by atoms with Crippen molar-refractivity contribution in [1.29, 1.82) is 0 Å². The fraction of sp³-hybridized carbons (Fsp3) is 0.0833. The predicted octanol–water partition coefficient (Wildman–Crippen LogP) is 3.20. The number of furan rings is 1. The molecule has 2 N–H and O–H groups in total. The third kappa shape index (κ3) is 2.42. The van der Waals surface area contributed by atoms with Crippen molar-refractivity contribution < 1.29 is 14.3 Å². The number of phenols is 1. The predicted molar refractivity (Wildman–Crippen MR) is 64.5 cm³/mol. The maximum Gasteiger partial charge on any atom is 0.259 e. The quantitative estimate of drug-likeness (QED) is 0.862. The van der Waals surface area contributed by atoms with Crippen LogP contribution in [0, 0.1) is 6.92 Å². The maximum atomic E-state index is 11.8. The van der Waals surface area contributed by atoms with Crippen LogP contribution in [0.2, 0.25) is 5.02 Å². The molecule has 0 aliphatic heterocycles. The summed E-state index contributed by atoms with van der Waals surface area (Å²) in [7, 11) is 0. The first-order valence-electron chi connectivity index (χ1n) is 4.92. The lowest BCUT2D eigenvalue weighted by atomic mass is 10.2. The Labute approximate surface area is 103 Å². The summed E-state index contributed by atoms with van der Waals surface area (Å²) in [5, 5.41) is 12.3. The van der Waals surface area contributed by atoms with E-state index >= 15 is 0 Å². The van der Waals surface area contributed by atoms with Crippen molar-refractivity contribution in [2.24, 2.45) is 0 Å². The standard InChI is InChI=1S/C12H10ClNO3/c1-7-9(4-5-17-7)12(16)14-8-2-3-10(13)11(15)6-8/h2-6,15H,1H3,(H,14,16). The number of carbonyl (C=O) groups excluding carboxylic acids is 1. The van der Waals surface area contributed by atoms with E-state index in [9.17, 15) is 9.90 Å². The van der Waals surface area contributed by atoms with Crippen LogP contribution in [-0.4, -0.2) is 11.0 Å². The average Bonchev–Trinajstić information content (AvgIpc) is 2.70. The molecule has 0 unspecified atom stereocenters. The molecule has 0 spiro atoms. The van der Waals surface area contributed by atoms with Crippen LogP contribution < -0.4 is 5.32 Å². The number of benzene rings is 1. The van der Waals surface area contributed by atoms with E-state index in [1.54, 1.807) is 19.1 Å². The molecule has 1 aromatic heterocycles. The van der Waals surface area contributed by atoms with Crippen molar-refractivity contribution >= 4 is 23.2 Å². The van der Waals surface area contributed by atoms with Crippen LogP contribution in [0.4, 0.5) is 5.69 Å². The lowest BCUT2D eigenvalue weighted by Gasteiger charge is -2.05. The van der Waals surface area contributed by atoms with Crippen molar-refractivity contribution in [3.05, 3.63) is 46.9 Å². The number of hydrogen-bond acceptors (Lipinski definition) is 3. The first-order chi connectivity index (χ1) is 8.08. The fourth-order valence-electron chi connectivity index (χ4n) is 1.41. The zero-order valence-corrected chi connectivity index (χ0v) is 9.78. The lowest BCUT2D eigenvalue weighted by Crippen LogP contribution is -2.11. The summed E-state index contributed by atoms with van der Waals surface area (Å²) in [5.41, 5.74) is 0.928. The lowest BCUT2D eigenvalue weighted by molar-refractivity contribution is 0.102. The molecule has 0 atom stereocenters. The molecule has 0 aliphatic rings. The van der Waals surface area contributed by atoms with Crippen LogP contribution in [0.25, 0.3) is 0 Å². The van der Waals surface area contributed by atoms with E-state index in [4.69, 9.17) is 16.0 Å². The molecular weight excluding hydrogens is 242 g/mol.